The number of ether oxygens (including phenoxy) is 1. The number of rotatable bonds is 3. The first kappa shape index (κ1) is 12.2. The summed E-state index contributed by atoms with van der Waals surface area (Å²) >= 11 is 5.52. The lowest BCUT2D eigenvalue weighted by molar-refractivity contribution is 0.227. The van der Waals surface area contributed by atoms with Gasteiger partial charge < -0.3 is 4.74 Å². The maximum Gasteiger partial charge on any atom is 0.254 e. The Kier molecular flexibility index (Phi) is 3.85. The van der Waals surface area contributed by atoms with Crippen LogP contribution >= 0.6 is 11.6 Å². The van der Waals surface area contributed by atoms with Gasteiger partial charge in [0, 0.05) is 0 Å². The Balaban J connectivity index is 2.54. The van der Waals surface area contributed by atoms with Gasteiger partial charge in [-0.15, -0.1) is 0 Å². The van der Waals surface area contributed by atoms with Crippen LogP contribution in [0.1, 0.15) is 27.2 Å². The third-order valence-electron chi connectivity index (χ3n) is 1.77. The monoisotopic (exact) mass is 232 g/mol. The summed E-state index contributed by atoms with van der Waals surface area (Å²) in [5, 5.41) is -0.0119. The van der Waals surface area contributed by atoms with Crippen molar-refractivity contribution in [2.45, 2.75) is 27.2 Å². The van der Waals surface area contributed by atoms with Crippen LogP contribution in [-0.2, 0) is 0 Å². The second kappa shape index (κ2) is 4.75. The van der Waals surface area contributed by atoms with E-state index < -0.39 is 5.82 Å². The van der Waals surface area contributed by atoms with Gasteiger partial charge in [-0.25, -0.2) is 4.98 Å². The van der Waals surface area contributed by atoms with Crippen LogP contribution in [0, 0.1) is 11.2 Å². The predicted molar refractivity (Wildman–Crippen MR) is 56.6 cm³/mol. The molecule has 0 fully saturated rings. The Morgan fingerprint density at radius 3 is 2.73 bits per heavy atom. The van der Waals surface area contributed by atoms with Gasteiger partial charge in [-0.1, -0.05) is 20.8 Å². The molecule has 5 heteroatoms. The van der Waals surface area contributed by atoms with Gasteiger partial charge in [0.1, 0.15) is 0 Å². The molecule has 0 saturated carbocycles. The minimum absolute atomic E-state index is 0.0119. The maximum absolute atomic E-state index is 13.1. The van der Waals surface area contributed by atoms with Crippen LogP contribution in [0.5, 0.6) is 5.88 Å². The topological polar surface area (TPSA) is 35.0 Å². The molecule has 15 heavy (non-hydrogen) atoms. The van der Waals surface area contributed by atoms with Gasteiger partial charge in [-0.3, -0.25) is 0 Å². The molecule has 0 aliphatic heterocycles. The van der Waals surface area contributed by atoms with E-state index in [0.717, 1.165) is 12.6 Å². The van der Waals surface area contributed by atoms with E-state index >= 15 is 0 Å². The van der Waals surface area contributed by atoms with Crippen LogP contribution in [0.15, 0.2) is 6.20 Å². The molecule has 0 spiro atoms. The fourth-order valence-corrected chi connectivity index (χ4v) is 1.01. The number of nitrogens with zero attached hydrogens (tertiary/aromatic N) is 2. The third-order valence-corrected chi connectivity index (χ3v) is 1.96. The molecule has 0 unspecified atom stereocenters. The molecule has 0 aromatic carbocycles. The second-order valence-electron chi connectivity index (χ2n) is 4.45. The summed E-state index contributed by atoms with van der Waals surface area (Å²) in [6.07, 6.45) is 1.82. The van der Waals surface area contributed by atoms with E-state index in [9.17, 15) is 4.39 Å². The molecule has 1 rings (SSSR count). The molecule has 0 bridgehead atoms. The van der Waals surface area contributed by atoms with Gasteiger partial charge in [-0.2, -0.15) is 9.37 Å². The van der Waals surface area contributed by atoms with Crippen molar-refractivity contribution in [3.8, 4) is 5.88 Å². The quantitative estimate of drug-likeness (QED) is 0.752. The number of hydrogen-bond acceptors (Lipinski definition) is 3. The molecule has 1 aromatic heterocycles. The number of hydrogen-bond donors (Lipinski definition) is 0. The Labute approximate surface area is 93.6 Å². The Hall–Kier alpha value is -0.900. The maximum atomic E-state index is 13.1. The molecule has 3 nitrogen and oxygen atoms in total. The molecule has 0 radical (unpaired) electrons. The van der Waals surface area contributed by atoms with Gasteiger partial charge in [0.15, 0.2) is 0 Å². The van der Waals surface area contributed by atoms with Crippen LogP contribution in [0.4, 0.5) is 4.39 Å². The van der Waals surface area contributed by atoms with Crippen molar-refractivity contribution < 1.29 is 9.13 Å². The van der Waals surface area contributed by atoms with Gasteiger partial charge >= 0.3 is 0 Å². The molecule has 0 N–H and O–H groups in total. The summed E-state index contributed by atoms with van der Waals surface area (Å²) in [4.78, 5) is 7.14. The smallest absolute Gasteiger partial charge is 0.254 e. The highest BCUT2D eigenvalue weighted by molar-refractivity contribution is 6.28. The van der Waals surface area contributed by atoms with E-state index in [1.165, 1.54) is 0 Å². The first-order chi connectivity index (χ1) is 6.88. The van der Waals surface area contributed by atoms with E-state index in [-0.39, 0.29) is 16.6 Å². The zero-order valence-corrected chi connectivity index (χ0v) is 9.81. The molecule has 0 aliphatic rings. The molecule has 0 atom stereocenters. The highest BCUT2D eigenvalue weighted by atomic mass is 35.5. The van der Waals surface area contributed by atoms with E-state index in [2.05, 4.69) is 30.7 Å². The summed E-state index contributed by atoms with van der Waals surface area (Å²) in [7, 11) is 0. The van der Waals surface area contributed by atoms with Crippen LogP contribution in [0.2, 0.25) is 5.28 Å². The van der Waals surface area contributed by atoms with Crippen LogP contribution in [0.3, 0.4) is 0 Å². The molecular formula is C10H14ClFN2O. The zero-order valence-electron chi connectivity index (χ0n) is 9.05. The lowest BCUT2D eigenvalue weighted by Gasteiger charge is -2.17. The number of halogens is 2. The Bertz CT molecular complexity index is 339. The van der Waals surface area contributed by atoms with E-state index in [1.54, 1.807) is 0 Å². The molecular weight excluding hydrogens is 219 g/mol. The minimum atomic E-state index is -0.590. The molecule has 1 heterocycles. The minimum Gasteiger partial charge on any atom is -0.475 e. The van der Waals surface area contributed by atoms with E-state index in [0.29, 0.717) is 6.61 Å². The lowest BCUT2D eigenvalue weighted by atomic mass is 9.93. The van der Waals surface area contributed by atoms with Crippen molar-refractivity contribution in [1.82, 2.24) is 9.97 Å². The summed E-state index contributed by atoms with van der Waals surface area (Å²) in [6, 6.07) is 0. The standard InChI is InChI=1S/C10H14ClFN2O/c1-10(2,3)4-5-15-8-7(12)6-13-9(11)14-8/h6H,4-5H2,1-3H3. The SMILES string of the molecule is CC(C)(C)CCOc1nc(Cl)ncc1F. The van der Waals surface area contributed by atoms with E-state index in [4.69, 9.17) is 16.3 Å². The van der Waals surface area contributed by atoms with Crippen molar-refractivity contribution in [3.05, 3.63) is 17.3 Å². The molecule has 0 aliphatic carbocycles. The Morgan fingerprint density at radius 2 is 2.13 bits per heavy atom. The highest BCUT2D eigenvalue weighted by Gasteiger charge is 2.12. The van der Waals surface area contributed by atoms with Crippen molar-refractivity contribution in [2.24, 2.45) is 5.41 Å². The number of aromatic nitrogens is 2. The van der Waals surface area contributed by atoms with Crippen molar-refractivity contribution in [1.29, 1.82) is 0 Å². The van der Waals surface area contributed by atoms with E-state index in [1.807, 2.05) is 0 Å². The second-order valence-corrected chi connectivity index (χ2v) is 4.79. The molecule has 0 amide bonds. The molecule has 1 aromatic rings. The van der Waals surface area contributed by atoms with Gasteiger partial charge in [0.05, 0.1) is 12.8 Å². The normalized spacial score (nSPS) is 11.5. The average molecular weight is 233 g/mol. The summed E-state index contributed by atoms with van der Waals surface area (Å²) < 4.78 is 18.3. The molecule has 0 saturated heterocycles. The van der Waals surface area contributed by atoms with Crippen LogP contribution < -0.4 is 4.74 Å². The predicted octanol–water partition coefficient (Wildman–Crippen LogP) is 3.08. The van der Waals surface area contributed by atoms with Gasteiger partial charge in [-0.05, 0) is 23.4 Å². The fourth-order valence-electron chi connectivity index (χ4n) is 0.886. The third kappa shape index (κ3) is 4.42. The van der Waals surface area contributed by atoms with Gasteiger partial charge in [0.25, 0.3) is 5.88 Å². The first-order valence-corrected chi connectivity index (χ1v) is 5.07. The lowest BCUT2D eigenvalue weighted by Crippen LogP contribution is -2.12. The van der Waals surface area contributed by atoms with Crippen LogP contribution in [0.25, 0.3) is 0 Å². The first-order valence-electron chi connectivity index (χ1n) is 4.69. The Morgan fingerprint density at radius 1 is 1.47 bits per heavy atom. The zero-order chi connectivity index (χ0) is 11.5. The average Bonchev–Trinajstić information content (AvgIpc) is 2.09. The van der Waals surface area contributed by atoms with Crippen molar-refractivity contribution >= 4 is 11.6 Å². The molecule has 84 valence electrons. The largest absolute Gasteiger partial charge is 0.475 e. The van der Waals surface area contributed by atoms with Crippen LogP contribution in [-0.4, -0.2) is 16.6 Å². The fraction of sp³-hybridized carbons (Fsp3) is 0.600. The van der Waals surface area contributed by atoms with Crippen molar-refractivity contribution in [3.63, 3.8) is 0 Å². The highest BCUT2D eigenvalue weighted by Crippen LogP contribution is 2.20. The summed E-state index contributed by atoms with van der Waals surface area (Å²) in [6.45, 7) is 6.66. The van der Waals surface area contributed by atoms with Crippen molar-refractivity contribution in [2.75, 3.05) is 6.61 Å². The summed E-state index contributed by atoms with van der Waals surface area (Å²) in [5.41, 5.74) is 0.146. The van der Waals surface area contributed by atoms with Gasteiger partial charge in [0.2, 0.25) is 11.1 Å². The summed E-state index contributed by atoms with van der Waals surface area (Å²) in [5.74, 6) is -0.674.